The summed E-state index contributed by atoms with van der Waals surface area (Å²) in [5.41, 5.74) is 0.865. The highest BCUT2D eigenvalue weighted by atomic mass is 35.5. The van der Waals surface area contributed by atoms with E-state index in [1.54, 1.807) is 0 Å². The van der Waals surface area contributed by atoms with E-state index < -0.39 is 0 Å². The molecule has 1 saturated carbocycles. The van der Waals surface area contributed by atoms with Crippen molar-refractivity contribution in [1.82, 2.24) is 15.3 Å². The molecule has 108 valence electrons. The molecule has 0 aromatic carbocycles. The monoisotopic (exact) mass is 294 g/mol. The topological polar surface area (TPSA) is 58.1 Å². The van der Waals surface area contributed by atoms with E-state index in [9.17, 15) is 4.79 Å². The second-order valence-electron chi connectivity index (χ2n) is 5.50. The molecular formula is C14H19ClN4O. The lowest BCUT2D eigenvalue weighted by atomic mass is 10.1. The molecule has 0 spiro atoms. The number of hydrogen-bond acceptors (Lipinski definition) is 4. The van der Waals surface area contributed by atoms with Gasteiger partial charge in [-0.05, 0) is 26.2 Å². The molecule has 1 aromatic rings. The third-order valence-electron chi connectivity index (χ3n) is 4.01. The summed E-state index contributed by atoms with van der Waals surface area (Å²) in [6.45, 7) is 5.35. The van der Waals surface area contributed by atoms with Gasteiger partial charge < -0.3 is 10.2 Å². The van der Waals surface area contributed by atoms with Crippen molar-refractivity contribution in [1.29, 1.82) is 0 Å². The van der Waals surface area contributed by atoms with E-state index in [-0.39, 0.29) is 11.9 Å². The minimum Gasteiger partial charge on any atom is -0.353 e. The summed E-state index contributed by atoms with van der Waals surface area (Å²) in [5.74, 6) is 2.18. The van der Waals surface area contributed by atoms with Gasteiger partial charge in [0.1, 0.15) is 22.8 Å². The first-order valence-electron chi connectivity index (χ1n) is 7.20. The third kappa shape index (κ3) is 2.35. The fourth-order valence-electron chi connectivity index (χ4n) is 2.67. The van der Waals surface area contributed by atoms with E-state index in [2.05, 4.69) is 15.2 Å². The van der Waals surface area contributed by atoms with Crippen LogP contribution in [0.15, 0.2) is 0 Å². The molecule has 6 heteroatoms. The minimum atomic E-state index is -0.166. The fraction of sp³-hybridized carbons (Fsp3) is 0.643. The van der Waals surface area contributed by atoms with Crippen LogP contribution < -0.4 is 10.2 Å². The summed E-state index contributed by atoms with van der Waals surface area (Å²) < 4.78 is 0. The molecule has 0 bridgehead atoms. The molecule has 1 unspecified atom stereocenters. The maximum Gasteiger partial charge on any atom is 0.242 e. The van der Waals surface area contributed by atoms with Gasteiger partial charge in [-0.1, -0.05) is 18.5 Å². The maximum atomic E-state index is 12.0. The normalized spacial score (nSPS) is 22.9. The van der Waals surface area contributed by atoms with E-state index in [4.69, 9.17) is 16.6 Å². The second-order valence-corrected chi connectivity index (χ2v) is 5.86. The molecule has 5 nitrogen and oxygen atoms in total. The molecule has 1 amide bonds. The molecule has 0 radical (unpaired) electrons. The number of nitrogens with zero attached hydrogens (tertiary/aromatic N) is 3. The van der Waals surface area contributed by atoms with E-state index in [0.717, 1.165) is 43.0 Å². The van der Waals surface area contributed by atoms with Crippen molar-refractivity contribution in [3.8, 4) is 0 Å². The molecule has 1 aliphatic heterocycles. The van der Waals surface area contributed by atoms with Crippen LogP contribution in [-0.2, 0) is 4.79 Å². The zero-order valence-corrected chi connectivity index (χ0v) is 12.6. The molecule has 2 aliphatic rings. The molecule has 3 rings (SSSR count). The Labute approximate surface area is 123 Å². The Morgan fingerprint density at radius 3 is 2.80 bits per heavy atom. The van der Waals surface area contributed by atoms with Crippen LogP contribution in [0.25, 0.3) is 0 Å². The standard InChI is InChI=1S/C14H19ClN4O/c1-3-10-14(20)16-6-7-19(10)13-8(2)11(15)17-12(18-13)9-4-5-9/h9-10H,3-7H2,1-2H3,(H,16,20). The van der Waals surface area contributed by atoms with E-state index in [0.29, 0.717) is 17.6 Å². The van der Waals surface area contributed by atoms with Gasteiger partial charge in [-0.25, -0.2) is 9.97 Å². The number of aromatic nitrogens is 2. The van der Waals surface area contributed by atoms with Crippen LogP contribution in [0.5, 0.6) is 0 Å². The summed E-state index contributed by atoms with van der Waals surface area (Å²) in [5, 5.41) is 3.42. The molecule has 1 atom stereocenters. The molecule has 1 N–H and O–H groups in total. The molecule has 20 heavy (non-hydrogen) atoms. The second kappa shape index (κ2) is 5.20. The Morgan fingerprint density at radius 2 is 2.15 bits per heavy atom. The van der Waals surface area contributed by atoms with Crippen molar-refractivity contribution in [2.75, 3.05) is 18.0 Å². The Morgan fingerprint density at radius 1 is 1.40 bits per heavy atom. The van der Waals surface area contributed by atoms with E-state index in [1.807, 2.05) is 13.8 Å². The summed E-state index contributed by atoms with van der Waals surface area (Å²) in [4.78, 5) is 23.2. The molecule has 1 saturated heterocycles. The maximum absolute atomic E-state index is 12.0. The number of rotatable bonds is 3. The Bertz CT molecular complexity index is 544. The van der Waals surface area contributed by atoms with Gasteiger partial charge >= 0.3 is 0 Å². The minimum absolute atomic E-state index is 0.0702. The van der Waals surface area contributed by atoms with Gasteiger partial charge in [0, 0.05) is 24.6 Å². The highest BCUT2D eigenvalue weighted by molar-refractivity contribution is 6.30. The number of carbonyl (C=O) groups is 1. The SMILES string of the molecule is CCC1C(=O)NCCN1c1nc(C2CC2)nc(Cl)c1C. The van der Waals surface area contributed by atoms with Crippen LogP contribution in [0.4, 0.5) is 5.82 Å². The zero-order valence-electron chi connectivity index (χ0n) is 11.8. The third-order valence-corrected chi connectivity index (χ3v) is 4.38. The van der Waals surface area contributed by atoms with Gasteiger partial charge in [0.15, 0.2) is 0 Å². The summed E-state index contributed by atoms with van der Waals surface area (Å²) in [6, 6.07) is -0.166. The average molecular weight is 295 g/mol. The number of anilines is 1. The lowest BCUT2D eigenvalue weighted by molar-refractivity contribution is -0.123. The van der Waals surface area contributed by atoms with Gasteiger partial charge in [-0.2, -0.15) is 0 Å². The Balaban J connectivity index is 2.00. The van der Waals surface area contributed by atoms with Gasteiger partial charge in [0.05, 0.1) is 0 Å². The summed E-state index contributed by atoms with van der Waals surface area (Å²) in [7, 11) is 0. The molecule has 2 fully saturated rings. The highest BCUT2D eigenvalue weighted by Crippen LogP contribution is 2.40. The summed E-state index contributed by atoms with van der Waals surface area (Å²) >= 11 is 6.26. The number of piperazine rings is 1. The van der Waals surface area contributed by atoms with Crippen molar-refractivity contribution in [2.45, 2.75) is 45.1 Å². The first-order chi connectivity index (χ1) is 9.61. The number of amides is 1. The smallest absolute Gasteiger partial charge is 0.242 e. The molecular weight excluding hydrogens is 276 g/mol. The number of carbonyl (C=O) groups excluding carboxylic acids is 1. The molecule has 2 heterocycles. The summed E-state index contributed by atoms with van der Waals surface area (Å²) in [6.07, 6.45) is 3.03. The first-order valence-corrected chi connectivity index (χ1v) is 7.58. The van der Waals surface area contributed by atoms with Crippen molar-refractivity contribution < 1.29 is 4.79 Å². The van der Waals surface area contributed by atoms with Gasteiger partial charge in [0.2, 0.25) is 5.91 Å². The van der Waals surface area contributed by atoms with Crippen molar-refractivity contribution in [3.05, 3.63) is 16.5 Å². The van der Waals surface area contributed by atoms with Crippen LogP contribution in [0.3, 0.4) is 0 Å². The van der Waals surface area contributed by atoms with Crippen molar-refractivity contribution in [3.63, 3.8) is 0 Å². The number of nitrogens with one attached hydrogen (secondary N) is 1. The Hall–Kier alpha value is -1.36. The van der Waals surface area contributed by atoms with E-state index in [1.165, 1.54) is 0 Å². The van der Waals surface area contributed by atoms with Crippen LogP contribution >= 0.6 is 11.6 Å². The first kappa shape index (κ1) is 13.6. The zero-order chi connectivity index (χ0) is 14.3. The van der Waals surface area contributed by atoms with Gasteiger partial charge in [-0.15, -0.1) is 0 Å². The highest BCUT2D eigenvalue weighted by Gasteiger charge is 2.33. The lowest BCUT2D eigenvalue weighted by Gasteiger charge is -2.36. The van der Waals surface area contributed by atoms with Crippen molar-refractivity contribution >= 4 is 23.3 Å². The fourth-order valence-corrected chi connectivity index (χ4v) is 2.84. The molecule has 1 aliphatic carbocycles. The average Bonchev–Trinajstić information content (AvgIpc) is 3.26. The number of halogens is 1. The number of hydrogen-bond donors (Lipinski definition) is 1. The van der Waals surface area contributed by atoms with Gasteiger partial charge in [-0.3, -0.25) is 4.79 Å². The van der Waals surface area contributed by atoms with Crippen LogP contribution in [-0.4, -0.2) is 35.0 Å². The van der Waals surface area contributed by atoms with Crippen LogP contribution in [0.2, 0.25) is 5.15 Å². The molecule has 1 aromatic heterocycles. The van der Waals surface area contributed by atoms with Gasteiger partial charge in [0.25, 0.3) is 0 Å². The quantitative estimate of drug-likeness (QED) is 0.867. The van der Waals surface area contributed by atoms with Crippen LogP contribution in [0, 0.1) is 6.92 Å². The largest absolute Gasteiger partial charge is 0.353 e. The predicted octanol–water partition coefficient (Wildman–Crippen LogP) is 2.03. The van der Waals surface area contributed by atoms with E-state index >= 15 is 0 Å². The van der Waals surface area contributed by atoms with Crippen LogP contribution in [0.1, 0.15) is 43.5 Å². The Kier molecular flexibility index (Phi) is 3.54. The van der Waals surface area contributed by atoms with Crippen molar-refractivity contribution in [2.24, 2.45) is 0 Å². The predicted molar refractivity (Wildman–Crippen MR) is 78.2 cm³/mol. The lowest BCUT2D eigenvalue weighted by Crippen LogP contribution is -2.55.